The van der Waals surface area contributed by atoms with Gasteiger partial charge >= 0.3 is 0 Å². The molecule has 3 aromatic heterocycles. The number of piperidine rings is 1. The first-order valence-corrected chi connectivity index (χ1v) is 11.6. The van der Waals surface area contributed by atoms with E-state index in [-0.39, 0.29) is 0 Å². The Labute approximate surface area is 191 Å². The van der Waals surface area contributed by atoms with Crippen LogP contribution in [0.15, 0.2) is 59.0 Å². The molecule has 5 heterocycles. The van der Waals surface area contributed by atoms with Crippen LogP contribution >= 0.6 is 23.4 Å². The number of nitrogens with zero attached hydrogens (tertiary/aromatic N) is 6. The van der Waals surface area contributed by atoms with Crippen molar-refractivity contribution in [3.63, 3.8) is 0 Å². The van der Waals surface area contributed by atoms with E-state index in [2.05, 4.69) is 41.9 Å². The van der Waals surface area contributed by atoms with Gasteiger partial charge in [0.15, 0.2) is 0 Å². The first-order chi connectivity index (χ1) is 15.1. The second-order valence-corrected chi connectivity index (χ2v) is 9.61. The SMILES string of the molecule is Nc1nccc(Sc2cnc(N3CCC4(CC3)CCN(c3ccccn3)C4)cn2)c1Cl. The number of halogens is 1. The van der Waals surface area contributed by atoms with E-state index in [4.69, 9.17) is 17.3 Å². The minimum Gasteiger partial charge on any atom is -0.382 e. The lowest BCUT2D eigenvalue weighted by atomic mass is 9.78. The summed E-state index contributed by atoms with van der Waals surface area (Å²) < 4.78 is 0. The lowest BCUT2D eigenvalue weighted by molar-refractivity contribution is 0.250. The van der Waals surface area contributed by atoms with Crippen LogP contribution in [0, 0.1) is 5.41 Å². The Morgan fingerprint density at radius 1 is 0.871 bits per heavy atom. The highest BCUT2D eigenvalue weighted by molar-refractivity contribution is 7.99. The van der Waals surface area contributed by atoms with Crippen molar-refractivity contribution < 1.29 is 0 Å². The zero-order valence-electron chi connectivity index (χ0n) is 17.1. The molecule has 2 aliphatic rings. The molecule has 160 valence electrons. The molecule has 0 atom stereocenters. The summed E-state index contributed by atoms with van der Waals surface area (Å²) in [6, 6.07) is 7.98. The zero-order chi connectivity index (χ0) is 21.3. The van der Waals surface area contributed by atoms with Crippen molar-refractivity contribution in [3.05, 3.63) is 54.1 Å². The minimum absolute atomic E-state index is 0.326. The van der Waals surface area contributed by atoms with Crippen LogP contribution in [0.25, 0.3) is 0 Å². The normalized spacial score (nSPS) is 18.0. The zero-order valence-corrected chi connectivity index (χ0v) is 18.7. The molecule has 1 spiro atoms. The Balaban J connectivity index is 1.20. The Kier molecular flexibility index (Phi) is 5.58. The van der Waals surface area contributed by atoms with Gasteiger partial charge in [-0.25, -0.2) is 19.9 Å². The fourth-order valence-corrected chi connectivity index (χ4v) is 5.43. The van der Waals surface area contributed by atoms with Gasteiger partial charge in [-0.15, -0.1) is 0 Å². The maximum Gasteiger partial charge on any atom is 0.147 e. The molecule has 9 heteroatoms. The van der Waals surface area contributed by atoms with E-state index in [9.17, 15) is 0 Å². The van der Waals surface area contributed by atoms with Gasteiger partial charge in [-0.3, -0.25) is 0 Å². The van der Waals surface area contributed by atoms with Gasteiger partial charge in [0.2, 0.25) is 0 Å². The monoisotopic (exact) mass is 453 g/mol. The van der Waals surface area contributed by atoms with Crippen LogP contribution in [-0.2, 0) is 0 Å². The molecule has 0 unspecified atom stereocenters. The van der Waals surface area contributed by atoms with Crippen LogP contribution in [-0.4, -0.2) is 46.1 Å². The number of rotatable bonds is 4. The predicted octanol–water partition coefficient (Wildman–Crippen LogP) is 4.15. The average Bonchev–Trinajstić information content (AvgIpc) is 3.22. The molecule has 2 N–H and O–H groups in total. The minimum atomic E-state index is 0.326. The first-order valence-electron chi connectivity index (χ1n) is 10.4. The second kappa shape index (κ2) is 8.51. The summed E-state index contributed by atoms with van der Waals surface area (Å²) in [4.78, 5) is 23.4. The molecule has 7 nitrogen and oxygen atoms in total. The molecule has 2 saturated heterocycles. The molecular weight excluding hydrogens is 430 g/mol. The van der Waals surface area contributed by atoms with Crippen LogP contribution in [0.2, 0.25) is 5.02 Å². The van der Waals surface area contributed by atoms with Gasteiger partial charge < -0.3 is 15.5 Å². The molecule has 0 saturated carbocycles. The van der Waals surface area contributed by atoms with Gasteiger partial charge in [-0.1, -0.05) is 29.4 Å². The quantitative estimate of drug-likeness (QED) is 0.630. The van der Waals surface area contributed by atoms with Crippen LogP contribution in [0.3, 0.4) is 0 Å². The van der Waals surface area contributed by atoms with Crippen molar-refractivity contribution >= 4 is 40.8 Å². The highest BCUT2D eigenvalue weighted by Crippen LogP contribution is 2.42. The van der Waals surface area contributed by atoms with Crippen LogP contribution < -0.4 is 15.5 Å². The van der Waals surface area contributed by atoms with Crippen molar-refractivity contribution in [1.82, 2.24) is 19.9 Å². The van der Waals surface area contributed by atoms with E-state index >= 15 is 0 Å². The summed E-state index contributed by atoms with van der Waals surface area (Å²) in [7, 11) is 0. The smallest absolute Gasteiger partial charge is 0.147 e. The summed E-state index contributed by atoms with van der Waals surface area (Å²) in [5.41, 5.74) is 6.17. The third-order valence-corrected chi connectivity index (χ3v) is 7.76. The fraction of sp³-hybridized carbons (Fsp3) is 0.364. The van der Waals surface area contributed by atoms with E-state index in [0.29, 0.717) is 16.3 Å². The van der Waals surface area contributed by atoms with E-state index in [0.717, 1.165) is 47.7 Å². The molecule has 3 aromatic rings. The van der Waals surface area contributed by atoms with Crippen LogP contribution in [0.1, 0.15) is 19.3 Å². The van der Waals surface area contributed by atoms with E-state index in [1.54, 1.807) is 12.4 Å². The number of aromatic nitrogens is 4. The fourth-order valence-electron chi connectivity index (χ4n) is 4.45. The maximum atomic E-state index is 6.23. The molecule has 0 aliphatic carbocycles. The Morgan fingerprint density at radius 2 is 1.68 bits per heavy atom. The molecule has 2 fully saturated rings. The molecule has 0 radical (unpaired) electrons. The largest absolute Gasteiger partial charge is 0.382 e. The van der Waals surface area contributed by atoms with Crippen molar-refractivity contribution in [3.8, 4) is 0 Å². The average molecular weight is 454 g/mol. The van der Waals surface area contributed by atoms with Gasteiger partial charge in [0.1, 0.15) is 22.5 Å². The second-order valence-electron chi connectivity index (χ2n) is 8.17. The first kappa shape index (κ1) is 20.3. The highest BCUT2D eigenvalue weighted by atomic mass is 35.5. The van der Waals surface area contributed by atoms with Crippen molar-refractivity contribution in [2.75, 3.05) is 41.7 Å². The lowest BCUT2D eigenvalue weighted by Gasteiger charge is -2.39. The Morgan fingerprint density at radius 3 is 2.39 bits per heavy atom. The topological polar surface area (TPSA) is 84.1 Å². The number of anilines is 3. The number of nitrogen functional groups attached to an aromatic ring is 1. The third-order valence-electron chi connectivity index (χ3n) is 6.27. The third kappa shape index (κ3) is 4.27. The van der Waals surface area contributed by atoms with Crippen molar-refractivity contribution in [2.45, 2.75) is 29.2 Å². The standard InChI is InChI=1S/C22H24ClN7S/c23-20-16(4-9-26-21(20)24)31-19-14-27-18(13-28-19)29-10-5-22(6-11-29)7-12-30(15-22)17-3-1-2-8-25-17/h1-4,8-9,13-14H,5-7,10-12,15H2,(H2,24,26). The summed E-state index contributed by atoms with van der Waals surface area (Å²) in [6.07, 6.45) is 10.7. The van der Waals surface area contributed by atoms with E-state index < -0.39 is 0 Å². The van der Waals surface area contributed by atoms with Crippen LogP contribution in [0.5, 0.6) is 0 Å². The van der Waals surface area contributed by atoms with Gasteiger partial charge in [0, 0.05) is 43.5 Å². The molecule has 0 bridgehead atoms. The Bertz CT molecular complexity index is 1040. The van der Waals surface area contributed by atoms with Gasteiger partial charge in [0.25, 0.3) is 0 Å². The number of hydrogen-bond acceptors (Lipinski definition) is 8. The molecule has 0 aromatic carbocycles. The summed E-state index contributed by atoms with van der Waals surface area (Å²) in [5.74, 6) is 2.35. The van der Waals surface area contributed by atoms with Crippen molar-refractivity contribution in [1.29, 1.82) is 0 Å². The highest BCUT2D eigenvalue weighted by Gasteiger charge is 2.41. The number of pyridine rings is 2. The summed E-state index contributed by atoms with van der Waals surface area (Å²) in [6.45, 7) is 4.19. The maximum absolute atomic E-state index is 6.23. The summed E-state index contributed by atoms with van der Waals surface area (Å²) >= 11 is 7.67. The van der Waals surface area contributed by atoms with Gasteiger partial charge in [-0.05, 0) is 42.9 Å². The summed E-state index contributed by atoms with van der Waals surface area (Å²) in [5, 5.41) is 1.24. The van der Waals surface area contributed by atoms with Crippen molar-refractivity contribution in [2.24, 2.45) is 5.41 Å². The van der Waals surface area contributed by atoms with Gasteiger partial charge in [0.05, 0.1) is 17.4 Å². The molecular formula is C22H24ClN7S. The van der Waals surface area contributed by atoms with Gasteiger partial charge in [-0.2, -0.15) is 0 Å². The Hall–Kier alpha value is -2.58. The molecule has 2 aliphatic heterocycles. The predicted molar refractivity (Wildman–Crippen MR) is 125 cm³/mol. The molecule has 0 amide bonds. The van der Waals surface area contributed by atoms with Crippen LogP contribution in [0.4, 0.5) is 17.5 Å². The number of nitrogens with two attached hydrogens (primary N) is 1. The number of hydrogen-bond donors (Lipinski definition) is 1. The molecule has 31 heavy (non-hydrogen) atoms. The van der Waals surface area contributed by atoms with E-state index in [1.165, 1.54) is 31.0 Å². The molecule has 5 rings (SSSR count). The lowest BCUT2D eigenvalue weighted by Crippen LogP contribution is -2.42. The van der Waals surface area contributed by atoms with E-state index in [1.807, 2.05) is 24.5 Å².